The molecule has 2 N–H and O–H groups in total. The lowest BCUT2D eigenvalue weighted by Gasteiger charge is -2.15. The quantitative estimate of drug-likeness (QED) is 0.744. The number of hydrogen-bond donors (Lipinski definition) is 1. The Balaban J connectivity index is 1.67. The van der Waals surface area contributed by atoms with Crippen LogP contribution in [0.5, 0.6) is 5.75 Å². The maximum absolute atomic E-state index is 6.38. The van der Waals surface area contributed by atoms with Crippen LogP contribution in [0.3, 0.4) is 0 Å². The lowest BCUT2D eigenvalue weighted by atomic mass is 9.98. The summed E-state index contributed by atoms with van der Waals surface area (Å²) in [7, 11) is 0. The number of hydrogen-bond acceptors (Lipinski definition) is 2. The van der Waals surface area contributed by atoms with Crippen molar-refractivity contribution in [3.63, 3.8) is 0 Å². The van der Waals surface area contributed by atoms with Gasteiger partial charge in [-0.25, -0.2) is 0 Å². The predicted molar refractivity (Wildman–Crippen MR) is 92.2 cm³/mol. The minimum atomic E-state index is -0.0177. The first-order valence-electron chi connectivity index (χ1n) is 7.67. The van der Waals surface area contributed by atoms with Crippen LogP contribution >= 0.6 is 0 Å². The van der Waals surface area contributed by atoms with Gasteiger partial charge in [-0.2, -0.15) is 0 Å². The first kappa shape index (κ1) is 14.6. The Bertz CT molecular complexity index is 761. The minimum Gasteiger partial charge on any atom is -0.494 e. The van der Waals surface area contributed by atoms with Gasteiger partial charge >= 0.3 is 0 Å². The molecule has 0 aromatic heterocycles. The molecule has 0 saturated heterocycles. The van der Waals surface area contributed by atoms with Crippen molar-refractivity contribution >= 4 is 10.8 Å². The fraction of sp³-hybridized carbons (Fsp3) is 0.200. The predicted octanol–water partition coefficient (Wildman–Crippen LogP) is 4.62. The monoisotopic (exact) mass is 291 g/mol. The maximum Gasteiger partial charge on any atom is 0.119 e. The Labute approximate surface area is 131 Å². The summed E-state index contributed by atoms with van der Waals surface area (Å²) >= 11 is 0. The second kappa shape index (κ2) is 6.63. The van der Waals surface area contributed by atoms with Crippen LogP contribution in [0.1, 0.15) is 23.6 Å². The second-order valence-electron chi connectivity index (χ2n) is 5.63. The van der Waals surface area contributed by atoms with Gasteiger partial charge in [-0.1, -0.05) is 54.6 Å². The number of ether oxygens (including phenoxy) is 1. The lowest BCUT2D eigenvalue weighted by Crippen LogP contribution is -2.14. The molecule has 1 atom stereocenters. The van der Waals surface area contributed by atoms with Crippen LogP contribution in [0.4, 0.5) is 0 Å². The van der Waals surface area contributed by atoms with Gasteiger partial charge in [-0.05, 0) is 41.0 Å². The smallest absolute Gasteiger partial charge is 0.119 e. The van der Waals surface area contributed by atoms with Crippen LogP contribution in [0.2, 0.25) is 0 Å². The molecular formula is C20H21NO. The van der Waals surface area contributed by atoms with Crippen LogP contribution in [-0.4, -0.2) is 6.61 Å². The van der Waals surface area contributed by atoms with Gasteiger partial charge in [0.25, 0.3) is 0 Å². The molecule has 3 aromatic rings. The number of benzene rings is 3. The van der Waals surface area contributed by atoms with Gasteiger partial charge in [0, 0.05) is 12.5 Å². The van der Waals surface area contributed by atoms with Crippen LogP contribution < -0.4 is 10.5 Å². The van der Waals surface area contributed by atoms with Gasteiger partial charge in [0.2, 0.25) is 0 Å². The molecule has 3 rings (SSSR count). The van der Waals surface area contributed by atoms with Crippen LogP contribution in [-0.2, 0) is 0 Å². The number of rotatable bonds is 5. The first-order chi connectivity index (χ1) is 10.7. The van der Waals surface area contributed by atoms with Crippen molar-refractivity contribution in [1.82, 2.24) is 0 Å². The summed E-state index contributed by atoms with van der Waals surface area (Å²) in [6.07, 6.45) is 0.794. The topological polar surface area (TPSA) is 35.2 Å². The molecule has 0 spiro atoms. The van der Waals surface area contributed by atoms with E-state index in [1.165, 1.54) is 21.9 Å². The van der Waals surface area contributed by atoms with E-state index in [0.29, 0.717) is 6.61 Å². The molecule has 0 bridgehead atoms. The second-order valence-corrected chi connectivity index (χ2v) is 5.63. The molecule has 3 aromatic carbocycles. The van der Waals surface area contributed by atoms with Crippen molar-refractivity contribution in [1.29, 1.82) is 0 Å². The van der Waals surface area contributed by atoms with E-state index in [2.05, 4.69) is 55.5 Å². The molecule has 0 heterocycles. The van der Waals surface area contributed by atoms with Gasteiger partial charge in [0.05, 0.1) is 6.61 Å². The average molecular weight is 291 g/mol. The maximum atomic E-state index is 6.38. The van der Waals surface area contributed by atoms with E-state index in [-0.39, 0.29) is 6.04 Å². The average Bonchev–Trinajstić information content (AvgIpc) is 2.54. The summed E-state index contributed by atoms with van der Waals surface area (Å²) in [6, 6.07) is 22.7. The fourth-order valence-electron chi connectivity index (χ4n) is 2.74. The van der Waals surface area contributed by atoms with Crippen molar-refractivity contribution in [2.75, 3.05) is 6.61 Å². The van der Waals surface area contributed by atoms with Gasteiger partial charge in [-0.15, -0.1) is 0 Å². The number of aryl methyl sites for hydroxylation is 1. The fourth-order valence-corrected chi connectivity index (χ4v) is 2.74. The SMILES string of the molecule is Cc1cccc(OCCC(N)c2cccc3ccccc23)c1. The summed E-state index contributed by atoms with van der Waals surface area (Å²) < 4.78 is 5.81. The Kier molecular flexibility index (Phi) is 4.40. The molecule has 2 heteroatoms. The molecule has 0 saturated carbocycles. The summed E-state index contributed by atoms with van der Waals surface area (Å²) in [5.74, 6) is 0.908. The Morgan fingerprint density at radius 2 is 1.73 bits per heavy atom. The summed E-state index contributed by atoms with van der Waals surface area (Å²) in [5, 5.41) is 2.46. The van der Waals surface area contributed by atoms with Crippen molar-refractivity contribution in [2.24, 2.45) is 5.73 Å². The molecule has 0 aliphatic carbocycles. The van der Waals surface area contributed by atoms with Crippen LogP contribution in [0.25, 0.3) is 10.8 Å². The summed E-state index contributed by atoms with van der Waals surface area (Å²) in [4.78, 5) is 0. The zero-order chi connectivity index (χ0) is 15.4. The molecule has 0 radical (unpaired) electrons. The highest BCUT2D eigenvalue weighted by atomic mass is 16.5. The van der Waals surface area contributed by atoms with Crippen molar-refractivity contribution in [2.45, 2.75) is 19.4 Å². The van der Waals surface area contributed by atoms with Crippen molar-refractivity contribution in [3.05, 3.63) is 77.9 Å². The zero-order valence-corrected chi connectivity index (χ0v) is 12.8. The van der Waals surface area contributed by atoms with Crippen molar-refractivity contribution < 1.29 is 4.74 Å². The molecule has 0 amide bonds. The number of nitrogens with two attached hydrogens (primary N) is 1. The number of fused-ring (bicyclic) bond motifs is 1. The Morgan fingerprint density at radius 1 is 0.955 bits per heavy atom. The highest BCUT2D eigenvalue weighted by Gasteiger charge is 2.09. The van der Waals surface area contributed by atoms with E-state index < -0.39 is 0 Å². The van der Waals surface area contributed by atoms with E-state index in [1.807, 2.05) is 18.2 Å². The zero-order valence-electron chi connectivity index (χ0n) is 12.8. The molecule has 2 nitrogen and oxygen atoms in total. The van der Waals surface area contributed by atoms with E-state index in [0.717, 1.165) is 12.2 Å². The Hall–Kier alpha value is -2.32. The molecule has 0 aliphatic heterocycles. The summed E-state index contributed by atoms with van der Waals surface area (Å²) in [5.41, 5.74) is 8.77. The third-order valence-corrected chi connectivity index (χ3v) is 3.91. The van der Waals surface area contributed by atoms with Crippen LogP contribution in [0.15, 0.2) is 66.7 Å². The Morgan fingerprint density at radius 3 is 2.59 bits per heavy atom. The van der Waals surface area contributed by atoms with E-state index in [1.54, 1.807) is 0 Å². The standard InChI is InChI=1S/C20H21NO/c1-15-6-4-9-17(14-15)22-13-12-20(21)19-11-5-8-16-7-2-3-10-18(16)19/h2-11,14,20H,12-13,21H2,1H3. The van der Waals surface area contributed by atoms with Gasteiger partial charge in [0.1, 0.15) is 5.75 Å². The summed E-state index contributed by atoms with van der Waals surface area (Å²) in [6.45, 7) is 2.68. The van der Waals surface area contributed by atoms with Gasteiger partial charge in [0.15, 0.2) is 0 Å². The molecule has 0 fully saturated rings. The molecular weight excluding hydrogens is 270 g/mol. The van der Waals surface area contributed by atoms with Gasteiger partial charge < -0.3 is 10.5 Å². The molecule has 0 aliphatic rings. The molecule has 1 unspecified atom stereocenters. The third kappa shape index (κ3) is 3.29. The third-order valence-electron chi connectivity index (χ3n) is 3.91. The minimum absolute atomic E-state index is 0.0177. The largest absolute Gasteiger partial charge is 0.494 e. The highest BCUT2D eigenvalue weighted by Crippen LogP contribution is 2.25. The highest BCUT2D eigenvalue weighted by molar-refractivity contribution is 5.86. The first-order valence-corrected chi connectivity index (χ1v) is 7.67. The van der Waals surface area contributed by atoms with Gasteiger partial charge in [-0.3, -0.25) is 0 Å². The van der Waals surface area contributed by atoms with E-state index in [9.17, 15) is 0 Å². The molecule has 22 heavy (non-hydrogen) atoms. The molecule has 112 valence electrons. The van der Waals surface area contributed by atoms with E-state index >= 15 is 0 Å². The van der Waals surface area contributed by atoms with Crippen molar-refractivity contribution in [3.8, 4) is 5.75 Å². The van der Waals surface area contributed by atoms with Crippen LogP contribution in [0, 0.1) is 6.92 Å². The lowest BCUT2D eigenvalue weighted by molar-refractivity contribution is 0.298. The van der Waals surface area contributed by atoms with E-state index in [4.69, 9.17) is 10.5 Å². The normalized spacial score (nSPS) is 12.3.